The summed E-state index contributed by atoms with van der Waals surface area (Å²) >= 11 is 0. The van der Waals surface area contributed by atoms with Gasteiger partial charge in [0.15, 0.2) is 17.5 Å². The van der Waals surface area contributed by atoms with E-state index in [-0.39, 0.29) is 35.5 Å². The van der Waals surface area contributed by atoms with Crippen molar-refractivity contribution in [2.24, 2.45) is 4.99 Å². The van der Waals surface area contributed by atoms with Crippen molar-refractivity contribution < 1.29 is 13.7 Å². The molecule has 0 atom stereocenters. The summed E-state index contributed by atoms with van der Waals surface area (Å²) in [6.07, 6.45) is 0.805. The van der Waals surface area contributed by atoms with Crippen LogP contribution in [0.1, 0.15) is 17.0 Å². The Hall–Kier alpha value is -1.84. The van der Waals surface area contributed by atoms with E-state index in [1.165, 1.54) is 6.07 Å². The molecule has 0 amide bonds. The molecule has 2 aromatic rings. The van der Waals surface area contributed by atoms with Crippen LogP contribution in [0.25, 0.3) is 0 Å². The molecule has 0 bridgehead atoms. The minimum atomic E-state index is -0.355. The number of benzene rings is 1. The number of rotatable bonds is 7. The Morgan fingerprint density at radius 2 is 2.08 bits per heavy atom. The third-order valence-corrected chi connectivity index (χ3v) is 3.93. The van der Waals surface area contributed by atoms with Gasteiger partial charge in [-0.25, -0.2) is 4.39 Å². The van der Waals surface area contributed by atoms with E-state index in [1.807, 2.05) is 25.8 Å². The quantitative estimate of drug-likeness (QED) is 0.378. The minimum Gasteiger partial charge on any atom is -0.489 e. The Bertz CT molecular complexity index is 701. The molecular formula is C18H26FIN4O2. The molecule has 0 saturated heterocycles. The van der Waals surface area contributed by atoms with Crippen LogP contribution in [0.4, 0.5) is 4.39 Å². The van der Waals surface area contributed by atoms with Crippen molar-refractivity contribution in [2.75, 3.05) is 33.8 Å². The minimum absolute atomic E-state index is 0. The van der Waals surface area contributed by atoms with Gasteiger partial charge < -0.3 is 19.5 Å². The van der Waals surface area contributed by atoms with Gasteiger partial charge in [0.1, 0.15) is 12.4 Å². The molecule has 1 heterocycles. The molecule has 1 N–H and O–H groups in total. The van der Waals surface area contributed by atoms with Crippen LogP contribution in [-0.4, -0.2) is 49.8 Å². The lowest BCUT2D eigenvalue weighted by Crippen LogP contribution is -2.41. The van der Waals surface area contributed by atoms with Gasteiger partial charge in [-0.2, -0.15) is 0 Å². The molecule has 0 aliphatic heterocycles. The zero-order valence-electron chi connectivity index (χ0n) is 15.6. The lowest BCUT2D eigenvalue weighted by molar-refractivity contribution is 0.270. The van der Waals surface area contributed by atoms with E-state index in [2.05, 4.69) is 15.5 Å². The third kappa shape index (κ3) is 6.15. The van der Waals surface area contributed by atoms with E-state index in [0.717, 1.165) is 29.4 Å². The summed E-state index contributed by atoms with van der Waals surface area (Å²) < 4.78 is 24.2. The van der Waals surface area contributed by atoms with Crippen LogP contribution in [0.2, 0.25) is 0 Å². The van der Waals surface area contributed by atoms with E-state index < -0.39 is 0 Å². The molecule has 144 valence electrons. The number of aryl methyl sites for hydroxylation is 2. The van der Waals surface area contributed by atoms with E-state index in [0.29, 0.717) is 19.7 Å². The predicted molar refractivity (Wildman–Crippen MR) is 111 cm³/mol. The van der Waals surface area contributed by atoms with E-state index >= 15 is 0 Å². The fraction of sp³-hybridized carbons (Fsp3) is 0.444. The molecule has 0 aliphatic rings. The highest BCUT2D eigenvalue weighted by molar-refractivity contribution is 14.0. The van der Waals surface area contributed by atoms with Crippen molar-refractivity contribution in [1.29, 1.82) is 0 Å². The molecule has 0 spiro atoms. The molecule has 1 aromatic carbocycles. The molecule has 0 saturated carbocycles. The summed E-state index contributed by atoms with van der Waals surface area (Å²) in [6.45, 7) is 5.51. The first-order chi connectivity index (χ1) is 12.0. The Morgan fingerprint density at radius 1 is 1.35 bits per heavy atom. The smallest absolute Gasteiger partial charge is 0.193 e. The van der Waals surface area contributed by atoms with E-state index in [4.69, 9.17) is 9.26 Å². The number of hydrogen-bond donors (Lipinski definition) is 1. The maximum atomic E-state index is 13.5. The highest BCUT2D eigenvalue weighted by Crippen LogP contribution is 2.15. The normalized spacial score (nSPS) is 11.0. The van der Waals surface area contributed by atoms with Crippen LogP contribution in [0.5, 0.6) is 5.75 Å². The first-order valence-electron chi connectivity index (χ1n) is 8.23. The van der Waals surface area contributed by atoms with Crippen molar-refractivity contribution in [3.8, 4) is 5.75 Å². The SMILES string of the molecule is CN=C(NCCc1c(C)noc1C)N(C)CCOc1ccccc1F.I. The topological polar surface area (TPSA) is 62.9 Å². The summed E-state index contributed by atoms with van der Waals surface area (Å²) in [5, 5.41) is 7.25. The lowest BCUT2D eigenvalue weighted by atomic mass is 10.1. The number of hydrogen-bond acceptors (Lipinski definition) is 4. The highest BCUT2D eigenvalue weighted by Gasteiger charge is 2.10. The van der Waals surface area contributed by atoms with Crippen molar-refractivity contribution in [2.45, 2.75) is 20.3 Å². The Kier molecular flexibility index (Phi) is 9.39. The van der Waals surface area contributed by atoms with Gasteiger partial charge in [0.25, 0.3) is 0 Å². The molecule has 0 unspecified atom stereocenters. The van der Waals surface area contributed by atoms with E-state index in [9.17, 15) is 4.39 Å². The second-order valence-electron chi connectivity index (χ2n) is 5.73. The van der Waals surface area contributed by atoms with Gasteiger partial charge in [-0.1, -0.05) is 17.3 Å². The fourth-order valence-electron chi connectivity index (χ4n) is 2.50. The number of para-hydroxylation sites is 1. The molecule has 2 rings (SSSR count). The zero-order valence-corrected chi connectivity index (χ0v) is 17.9. The van der Waals surface area contributed by atoms with Crippen LogP contribution < -0.4 is 10.1 Å². The Morgan fingerprint density at radius 3 is 2.69 bits per heavy atom. The molecule has 0 radical (unpaired) electrons. The number of likely N-dealkylation sites (N-methyl/N-ethyl adjacent to an activating group) is 1. The monoisotopic (exact) mass is 476 g/mol. The second kappa shape index (κ2) is 11.0. The third-order valence-electron chi connectivity index (χ3n) is 3.93. The summed E-state index contributed by atoms with van der Waals surface area (Å²) in [5.74, 6) is 1.51. The fourth-order valence-corrected chi connectivity index (χ4v) is 2.50. The first-order valence-corrected chi connectivity index (χ1v) is 8.23. The largest absolute Gasteiger partial charge is 0.489 e. The number of halogens is 2. The number of ether oxygens (including phenoxy) is 1. The highest BCUT2D eigenvalue weighted by atomic mass is 127. The summed E-state index contributed by atoms with van der Waals surface area (Å²) in [5.41, 5.74) is 2.04. The molecule has 6 nitrogen and oxygen atoms in total. The average Bonchev–Trinajstić information content (AvgIpc) is 2.92. The van der Waals surface area contributed by atoms with Crippen molar-refractivity contribution in [3.63, 3.8) is 0 Å². The van der Waals surface area contributed by atoms with Crippen molar-refractivity contribution in [3.05, 3.63) is 47.1 Å². The molecule has 0 fully saturated rings. The van der Waals surface area contributed by atoms with Gasteiger partial charge in [0, 0.05) is 26.2 Å². The Balaban J connectivity index is 0.00000338. The van der Waals surface area contributed by atoms with E-state index in [1.54, 1.807) is 25.2 Å². The van der Waals surface area contributed by atoms with Gasteiger partial charge in [0.2, 0.25) is 0 Å². The van der Waals surface area contributed by atoms with Crippen molar-refractivity contribution >= 4 is 29.9 Å². The average molecular weight is 476 g/mol. The molecule has 8 heteroatoms. The maximum absolute atomic E-state index is 13.5. The van der Waals surface area contributed by atoms with Gasteiger partial charge in [0.05, 0.1) is 12.2 Å². The number of guanidine groups is 1. The lowest BCUT2D eigenvalue weighted by Gasteiger charge is -2.22. The van der Waals surface area contributed by atoms with Crippen LogP contribution in [0, 0.1) is 19.7 Å². The van der Waals surface area contributed by atoms with Gasteiger partial charge in [-0.05, 0) is 32.4 Å². The van der Waals surface area contributed by atoms with Gasteiger partial charge in [-0.15, -0.1) is 24.0 Å². The Labute approximate surface area is 170 Å². The molecule has 1 aromatic heterocycles. The summed E-state index contributed by atoms with van der Waals surface area (Å²) in [6, 6.07) is 6.39. The molecular weight excluding hydrogens is 450 g/mol. The summed E-state index contributed by atoms with van der Waals surface area (Å²) in [7, 11) is 3.64. The number of aliphatic imine (C=N–C) groups is 1. The van der Waals surface area contributed by atoms with Crippen LogP contribution in [-0.2, 0) is 6.42 Å². The summed E-state index contributed by atoms with van der Waals surface area (Å²) in [4.78, 5) is 6.20. The molecule has 26 heavy (non-hydrogen) atoms. The van der Waals surface area contributed by atoms with Crippen LogP contribution >= 0.6 is 24.0 Å². The second-order valence-corrected chi connectivity index (χ2v) is 5.73. The van der Waals surface area contributed by atoms with Crippen molar-refractivity contribution in [1.82, 2.24) is 15.4 Å². The maximum Gasteiger partial charge on any atom is 0.193 e. The number of aromatic nitrogens is 1. The predicted octanol–water partition coefficient (Wildman–Crippen LogP) is 3.18. The molecule has 0 aliphatic carbocycles. The van der Waals surface area contributed by atoms with Gasteiger partial charge in [-0.3, -0.25) is 4.99 Å². The number of nitrogens with zero attached hydrogens (tertiary/aromatic N) is 3. The first kappa shape index (κ1) is 22.2. The van der Waals surface area contributed by atoms with Crippen LogP contribution in [0.3, 0.4) is 0 Å². The number of nitrogens with one attached hydrogen (secondary N) is 1. The standard InChI is InChI=1S/C18H25FN4O2.HI/c1-13-15(14(2)25-22-13)9-10-21-18(20-3)23(4)11-12-24-17-8-6-5-7-16(17)19;/h5-8H,9-12H2,1-4H3,(H,20,21);1H. The van der Waals surface area contributed by atoms with Crippen LogP contribution in [0.15, 0.2) is 33.8 Å². The zero-order chi connectivity index (χ0) is 18.2. The van der Waals surface area contributed by atoms with Gasteiger partial charge >= 0.3 is 0 Å².